The molecule has 21 heavy (non-hydrogen) atoms. The summed E-state index contributed by atoms with van der Waals surface area (Å²) in [6.45, 7) is 8.64. The Kier molecular flexibility index (Phi) is 6.98. The van der Waals surface area contributed by atoms with Crippen LogP contribution in [0.1, 0.15) is 55.1 Å². The normalized spacial score (nSPS) is 11.7. The van der Waals surface area contributed by atoms with Crippen molar-refractivity contribution in [2.24, 2.45) is 11.7 Å². The van der Waals surface area contributed by atoms with Gasteiger partial charge in [-0.05, 0) is 37.5 Å². The Labute approximate surface area is 128 Å². The van der Waals surface area contributed by atoms with E-state index >= 15 is 0 Å². The van der Waals surface area contributed by atoms with Gasteiger partial charge in [-0.15, -0.1) is 0 Å². The highest BCUT2D eigenvalue weighted by Crippen LogP contribution is 2.16. The van der Waals surface area contributed by atoms with Crippen LogP contribution in [0.15, 0.2) is 18.2 Å². The SMILES string of the molecule is CCC(CC)C(C)NC(=O)c1cccc(C#CCN)c1C. The highest BCUT2D eigenvalue weighted by molar-refractivity contribution is 5.96. The Morgan fingerprint density at radius 2 is 2.00 bits per heavy atom. The molecule has 3 heteroatoms. The molecule has 114 valence electrons. The summed E-state index contributed by atoms with van der Waals surface area (Å²) < 4.78 is 0. The fourth-order valence-corrected chi connectivity index (χ4v) is 2.56. The van der Waals surface area contributed by atoms with Gasteiger partial charge < -0.3 is 11.1 Å². The van der Waals surface area contributed by atoms with Crippen LogP contribution in [0.2, 0.25) is 0 Å². The quantitative estimate of drug-likeness (QED) is 0.818. The maximum absolute atomic E-state index is 12.5. The molecule has 0 heterocycles. The first kappa shape index (κ1) is 17.3. The Morgan fingerprint density at radius 1 is 1.33 bits per heavy atom. The van der Waals surface area contributed by atoms with Crippen LogP contribution in [-0.2, 0) is 0 Å². The van der Waals surface area contributed by atoms with Crippen LogP contribution in [0.3, 0.4) is 0 Å². The van der Waals surface area contributed by atoms with Gasteiger partial charge in [0.15, 0.2) is 0 Å². The smallest absolute Gasteiger partial charge is 0.251 e. The van der Waals surface area contributed by atoms with Gasteiger partial charge in [0.05, 0.1) is 6.54 Å². The second-order valence-electron chi connectivity index (χ2n) is 5.32. The van der Waals surface area contributed by atoms with Crippen LogP contribution in [-0.4, -0.2) is 18.5 Å². The standard InChI is InChI=1S/C18H26N2O/c1-5-15(6-2)14(4)20-18(21)17-11-7-9-16(13(17)3)10-8-12-19/h7,9,11,14-15H,5-6,12,19H2,1-4H3,(H,20,21). The van der Waals surface area contributed by atoms with Crippen molar-refractivity contribution < 1.29 is 4.79 Å². The van der Waals surface area contributed by atoms with Gasteiger partial charge in [-0.2, -0.15) is 0 Å². The molecule has 0 bridgehead atoms. The lowest BCUT2D eigenvalue weighted by atomic mass is 9.94. The number of hydrogen-bond acceptors (Lipinski definition) is 2. The van der Waals surface area contributed by atoms with Crippen molar-refractivity contribution in [1.29, 1.82) is 0 Å². The van der Waals surface area contributed by atoms with Crippen LogP contribution in [0.4, 0.5) is 0 Å². The van der Waals surface area contributed by atoms with Gasteiger partial charge in [0, 0.05) is 17.2 Å². The van der Waals surface area contributed by atoms with Gasteiger partial charge in [-0.25, -0.2) is 0 Å². The second-order valence-corrected chi connectivity index (χ2v) is 5.32. The average Bonchev–Trinajstić information content (AvgIpc) is 2.47. The lowest BCUT2D eigenvalue weighted by molar-refractivity contribution is 0.0924. The topological polar surface area (TPSA) is 55.1 Å². The minimum absolute atomic E-state index is 0.0247. The van der Waals surface area contributed by atoms with E-state index in [2.05, 4.69) is 37.9 Å². The van der Waals surface area contributed by atoms with Crippen molar-refractivity contribution in [3.05, 3.63) is 34.9 Å². The molecule has 0 aliphatic heterocycles. The summed E-state index contributed by atoms with van der Waals surface area (Å²) in [6, 6.07) is 5.80. The molecule has 1 unspecified atom stereocenters. The van der Waals surface area contributed by atoms with Crippen molar-refractivity contribution in [3.8, 4) is 11.8 Å². The average molecular weight is 286 g/mol. The van der Waals surface area contributed by atoms with Crippen molar-refractivity contribution in [1.82, 2.24) is 5.32 Å². The molecule has 3 nitrogen and oxygen atoms in total. The maximum Gasteiger partial charge on any atom is 0.251 e. The van der Waals surface area contributed by atoms with E-state index in [1.807, 2.05) is 25.1 Å². The zero-order valence-corrected chi connectivity index (χ0v) is 13.5. The van der Waals surface area contributed by atoms with E-state index < -0.39 is 0 Å². The summed E-state index contributed by atoms with van der Waals surface area (Å²) in [6.07, 6.45) is 2.14. The van der Waals surface area contributed by atoms with Gasteiger partial charge in [0.2, 0.25) is 0 Å². The van der Waals surface area contributed by atoms with Gasteiger partial charge in [0.25, 0.3) is 5.91 Å². The number of nitrogens with one attached hydrogen (secondary N) is 1. The Balaban J connectivity index is 2.93. The molecule has 1 rings (SSSR count). The Morgan fingerprint density at radius 3 is 2.57 bits per heavy atom. The van der Waals surface area contributed by atoms with Crippen LogP contribution >= 0.6 is 0 Å². The van der Waals surface area contributed by atoms with Gasteiger partial charge in [-0.1, -0.05) is 44.6 Å². The predicted molar refractivity (Wildman–Crippen MR) is 88.1 cm³/mol. The number of benzene rings is 1. The summed E-state index contributed by atoms with van der Waals surface area (Å²) in [5.41, 5.74) is 7.87. The molecule has 3 N–H and O–H groups in total. The van der Waals surface area contributed by atoms with E-state index in [4.69, 9.17) is 5.73 Å². The van der Waals surface area contributed by atoms with Crippen LogP contribution < -0.4 is 11.1 Å². The van der Waals surface area contributed by atoms with Gasteiger partial charge in [-0.3, -0.25) is 4.79 Å². The summed E-state index contributed by atoms with van der Waals surface area (Å²) >= 11 is 0. The molecule has 1 amide bonds. The van der Waals surface area contributed by atoms with Crippen molar-refractivity contribution in [3.63, 3.8) is 0 Å². The summed E-state index contributed by atoms with van der Waals surface area (Å²) in [5, 5.41) is 3.11. The van der Waals surface area contributed by atoms with Crippen molar-refractivity contribution in [2.75, 3.05) is 6.54 Å². The third-order valence-electron chi connectivity index (χ3n) is 4.02. The minimum Gasteiger partial charge on any atom is -0.349 e. The molecule has 0 saturated heterocycles. The monoisotopic (exact) mass is 286 g/mol. The van der Waals surface area contributed by atoms with E-state index in [1.54, 1.807) is 0 Å². The molecule has 0 spiro atoms. The van der Waals surface area contributed by atoms with E-state index in [9.17, 15) is 4.79 Å². The van der Waals surface area contributed by atoms with Gasteiger partial charge >= 0.3 is 0 Å². The molecule has 1 aromatic rings. The molecule has 0 fully saturated rings. The lowest BCUT2D eigenvalue weighted by Crippen LogP contribution is -2.38. The summed E-state index contributed by atoms with van der Waals surface area (Å²) in [7, 11) is 0. The fourth-order valence-electron chi connectivity index (χ4n) is 2.56. The third-order valence-corrected chi connectivity index (χ3v) is 4.02. The van der Waals surface area contributed by atoms with Crippen molar-refractivity contribution in [2.45, 2.75) is 46.6 Å². The van der Waals surface area contributed by atoms with E-state index in [-0.39, 0.29) is 11.9 Å². The molecule has 0 aromatic heterocycles. The number of carbonyl (C=O) groups is 1. The zero-order valence-electron chi connectivity index (χ0n) is 13.5. The zero-order chi connectivity index (χ0) is 15.8. The molecule has 0 saturated carbocycles. The van der Waals surface area contributed by atoms with Crippen LogP contribution in [0, 0.1) is 24.7 Å². The molecular weight excluding hydrogens is 260 g/mol. The molecule has 0 aliphatic carbocycles. The number of carbonyl (C=O) groups excluding carboxylic acids is 1. The number of nitrogens with two attached hydrogens (primary N) is 1. The number of hydrogen-bond donors (Lipinski definition) is 2. The predicted octanol–water partition coefficient (Wildman–Crippen LogP) is 2.86. The van der Waals surface area contributed by atoms with Gasteiger partial charge in [0.1, 0.15) is 0 Å². The lowest BCUT2D eigenvalue weighted by Gasteiger charge is -2.23. The molecule has 0 aliphatic rings. The minimum atomic E-state index is -0.0247. The first-order valence-corrected chi connectivity index (χ1v) is 7.64. The first-order valence-electron chi connectivity index (χ1n) is 7.64. The van der Waals surface area contributed by atoms with Crippen LogP contribution in [0.5, 0.6) is 0 Å². The van der Waals surface area contributed by atoms with E-state index in [1.165, 1.54) is 0 Å². The molecule has 1 aromatic carbocycles. The maximum atomic E-state index is 12.5. The fraction of sp³-hybridized carbons (Fsp3) is 0.500. The largest absolute Gasteiger partial charge is 0.349 e. The number of amides is 1. The van der Waals surface area contributed by atoms with E-state index in [0.29, 0.717) is 18.0 Å². The summed E-state index contributed by atoms with van der Waals surface area (Å²) in [4.78, 5) is 12.5. The highest BCUT2D eigenvalue weighted by atomic mass is 16.1. The highest BCUT2D eigenvalue weighted by Gasteiger charge is 2.18. The number of rotatable bonds is 5. The Hall–Kier alpha value is -1.79. The molecule has 1 atom stereocenters. The summed E-state index contributed by atoms with van der Waals surface area (Å²) in [5.74, 6) is 6.33. The van der Waals surface area contributed by atoms with Crippen LogP contribution in [0.25, 0.3) is 0 Å². The third kappa shape index (κ3) is 4.61. The Bertz CT molecular complexity index is 536. The molecular formula is C18H26N2O. The van der Waals surface area contributed by atoms with E-state index in [0.717, 1.165) is 24.0 Å². The van der Waals surface area contributed by atoms with Crippen molar-refractivity contribution >= 4 is 5.91 Å². The second kappa shape index (κ2) is 8.49. The molecule has 0 radical (unpaired) electrons. The first-order chi connectivity index (χ1) is 10.0.